The Balaban J connectivity index is 2.07. The lowest BCUT2D eigenvalue weighted by Crippen LogP contribution is -2.22. The fourth-order valence-corrected chi connectivity index (χ4v) is 3.35. The van der Waals surface area contributed by atoms with E-state index >= 15 is 0 Å². The average molecular weight is 289 g/mol. The molecule has 2 N–H and O–H groups in total. The number of hydrogen-bond donors (Lipinski definition) is 2. The van der Waals surface area contributed by atoms with Crippen molar-refractivity contribution in [1.29, 1.82) is 0 Å². The van der Waals surface area contributed by atoms with Crippen LogP contribution in [0.3, 0.4) is 0 Å². The summed E-state index contributed by atoms with van der Waals surface area (Å²) in [4.78, 5) is 12.1. The molecule has 0 radical (unpaired) electrons. The van der Waals surface area contributed by atoms with E-state index in [0.29, 0.717) is 6.42 Å². The highest BCUT2D eigenvalue weighted by Gasteiger charge is 2.23. The number of aryl methyl sites for hydroxylation is 1. The van der Waals surface area contributed by atoms with E-state index in [2.05, 4.69) is 17.2 Å². The first-order valence-corrected chi connectivity index (χ1v) is 7.94. The van der Waals surface area contributed by atoms with Crippen LogP contribution in [0.1, 0.15) is 24.0 Å². The summed E-state index contributed by atoms with van der Waals surface area (Å²) in [6.07, 6.45) is 1.43. The third kappa shape index (κ3) is 4.29. The second kappa shape index (κ2) is 7.37. The van der Waals surface area contributed by atoms with E-state index in [1.54, 1.807) is 0 Å². The molecule has 1 amide bonds. The maximum atomic E-state index is 12.1. The van der Waals surface area contributed by atoms with Crippen molar-refractivity contribution in [2.24, 2.45) is 5.92 Å². The Hall–Kier alpha value is -1.44. The average Bonchev–Trinajstić information content (AvgIpc) is 2.92. The minimum atomic E-state index is 0.0712. The number of benzene rings is 1. The minimum Gasteiger partial charge on any atom is -0.395 e. The normalized spacial score (nSPS) is 17.4. The van der Waals surface area contributed by atoms with Crippen molar-refractivity contribution in [3.05, 3.63) is 29.3 Å². The Kier molecular flexibility index (Phi) is 5.51. The van der Waals surface area contributed by atoms with Gasteiger partial charge in [0, 0.05) is 29.3 Å². The number of carbonyl (C=O) groups excluding carboxylic acids is 1. The molecule has 1 aromatic rings. The summed E-state index contributed by atoms with van der Waals surface area (Å²) in [5.41, 5.74) is 2.74. The van der Waals surface area contributed by atoms with Gasteiger partial charge in [0.2, 0.25) is 5.91 Å². The van der Waals surface area contributed by atoms with Gasteiger partial charge in [0.25, 0.3) is 0 Å². The molecule has 0 bridgehead atoms. The van der Waals surface area contributed by atoms with E-state index < -0.39 is 0 Å². The molecule has 20 heavy (non-hydrogen) atoms. The second-order valence-electron chi connectivity index (χ2n) is 4.91. The monoisotopic (exact) mass is 289 g/mol. The summed E-state index contributed by atoms with van der Waals surface area (Å²) in [6, 6.07) is 5.82. The fraction of sp³-hybridized carbons (Fsp3) is 0.438. The standard InChI is InChI=1S/C16H19NO2S/c1-12-8-13(4-2-3-6-18)10-15(9-12)17-16(19)14-5-7-20-11-14/h8-10,14,18H,3,5-7,11H2,1H3,(H,17,19). The topological polar surface area (TPSA) is 49.3 Å². The zero-order valence-electron chi connectivity index (χ0n) is 11.6. The number of carbonyl (C=O) groups is 1. The molecule has 1 saturated heterocycles. The maximum Gasteiger partial charge on any atom is 0.228 e. The maximum absolute atomic E-state index is 12.1. The van der Waals surface area contributed by atoms with Crippen molar-refractivity contribution in [2.75, 3.05) is 23.4 Å². The Morgan fingerprint density at radius 1 is 1.50 bits per heavy atom. The summed E-state index contributed by atoms with van der Waals surface area (Å²) in [5, 5.41) is 11.7. The SMILES string of the molecule is Cc1cc(C#CCCO)cc(NC(=O)C2CCSC2)c1. The smallest absolute Gasteiger partial charge is 0.228 e. The molecule has 106 valence electrons. The van der Waals surface area contributed by atoms with Crippen LogP contribution in [-0.4, -0.2) is 29.1 Å². The number of thioether (sulfide) groups is 1. The molecule has 0 saturated carbocycles. The summed E-state index contributed by atoms with van der Waals surface area (Å²) in [6.45, 7) is 2.06. The number of aliphatic hydroxyl groups is 1. The molecule has 1 aliphatic heterocycles. The van der Waals surface area contributed by atoms with Gasteiger partial charge in [0.05, 0.1) is 6.61 Å². The molecule has 1 atom stereocenters. The van der Waals surface area contributed by atoms with Crippen LogP contribution in [0.5, 0.6) is 0 Å². The van der Waals surface area contributed by atoms with E-state index in [0.717, 1.165) is 34.7 Å². The molecule has 3 nitrogen and oxygen atoms in total. The van der Waals surface area contributed by atoms with E-state index in [9.17, 15) is 4.79 Å². The molecule has 1 unspecified atom stereocenters. The number of anilines is 1. The highest BCUT2D eigenvalue weighted by Crippen LogP contribution is 2.25. The quantitative estimate of drug-likeness (QED) is 0.840. The predicted molar refractivity (Wildman–Crippen MR) is 83.8 cm³/mol. The number of rotatable bonds is 3. The summed E-state index contributed by atoms with van der Waals surface area (Å²) < 4.78 is 0. The van der Waals surface area contributed by atoms with Crippen LogP contribution < -0.4 is 5.32 Å². The van der Waals surface area contributed by atoms with Gasteiger partial charge in [0.15, 0.2) is 0 Å². The number of aliphatic hydroxyl groups excluding tert-OH is 1. The Morgan fingerprint density at radius 3 is 3.05 bits per heavy atom. The third-order valence-corrected chi connectivity index (χ3v) is 4.28. The van der Waals surface area contributed by atoms with Crippen LogP contribution in [0, 0.1) is 24.7 Å². The van der Waals surface area contributed by atoms with Gasteiger partial charge >= 0.3 is 0 Å². The second-order valence-corrected chi connectivity index (χ2v) is 6.06. The Labute approximate surface area is 124 Å². The van der Waals surface area contributed by atoms with Crippen molar-refractivity contribution in [3.8, 4) is 11.8 Å². The zero-order chi connectivity index (χ0) is 14.4. The first kappa shape index (κ1) is 15.0. The first-order chi connectivity index (χ1) is 9.69. The molecule has 0 aromatic heterocycles. The van der Waals surface area contributed by atoms with Crippen molar-refractivity contribution >= 4 is 23.4 Å². The lowest BCUT2D eigenvalue weighted by molar-refractivity contribution is -0.119. The highest BCUT2D eigenvalue weighted by atomic mass is 32.2. The van der Waals surface area contributed by atoms with E-state index in [1.165, 1.54) is 0 Å². The largest absolute Gasteiger partial charge is 0.395 e. The molecular formula is C16H19NO2S. The molecular weight excluding hydrogens is 270 g/mol. The van der Waals surface area contributed by atoms with Crippen LogP contribution in [0.15, 0.2) is 18.2 Å². The summed E-state index contributed by atoms with van der Waals surface area (Å²) >= 11 is 1.83. The molecule has 4 heteroatoms. The van der Waals surface area contributed by atoms with Crippen molar-refractivity contribution in [2.45, 2.75) is 19.8 Å². The van der Waals surface area contributed by atoms with E-state index in [1.807, 2.05) is 36.9 Å². The zero-order valence-corrected chi connectivity index (χ0v) is 12.4. The molecule has 0 spiro atoms. The summed E-state index contributed by atoms with van der Waals surface area (Å²) in [7, 11) is 0. The van der Waals surface area contributed by atoms with Gasteiger partial charge < -0.3 is 10.4 Å². The predicted octanol–water partition coefficient (Wildman–Crippen LogP) is 2.42. The number of hydrogen-bond acceptors (Lipinski definition) is 3. The fourth-order valence-electron chi connectivity index (χ4n) is 2.13. The molecule has 0 aliphatic carbocycles. The molecule has 1 fully saturated rings. The molecule has 1 aliphatic rings. The number of nitrogens with one attached hydrogen (secondary N) is 1. The highest BCUT2D eigenvalue weighted by molar-refractivity contribution is 7.99. The van der Waals surface area contributed by atoms with Crippen molar-refractivity contribution < 1.29 is 9.90 Å². The van der Waals surface area contributed by atoms with Gasteiger partial charge in [-0.25, -0.2) is 0 Å². The van der Waals surface area contributed by atoms with Gasteiger partial charge in [-0.1, -0.05) is 11.8 Å². The lowest BCUT2D eigenvalue weighted by Gasteiger charge is -2.11. The van der Waals surface area contributed by atoms with Crippen LogP contribution in [0.4, 0.5) is 5.69 Å². The lowest BCUT2D eigenvalue weighted by atomic mass is 10.1. The minimum absolute atomic E-state index is 0.0712. The van der Waals surface area contributed by atoms with Gasteiger partial charge in [-0.3, -0.25) is 4.79 Å². The Morgan fingerprint density at radius 2 is 2.35 bits per heavy atom. The van der Waals surface area contributed by atoms with Crippen LogP contribution in [0.25, 0.3) is 0 Å². The van der Waals surface area contributed by atoms with Gasteiger partial charge in [-0.05, 0) is 42.9 Å². The van der Waals surface area contributed by atoms with E-state index in [4.69, 9.17) is 5.11 Å². The van der Waals surface area contributed by atoms with E-state index in [-0.39, 0.29) is 18.4 Å². The van der Waals surface area contributed by atoms with Gasteiger partial charge in [0.1, 0.15) is 0 Å². The van der Waals surface area contributed by atoms with Crippen molar-refractivity contribution in [3.63, 3.8) is 0 Å². The summed E-state index contributed by atoms with van der Waals surface area (Å²) in [5.74, 6) is 8.13. The molecule has 1 heterocycles. The molecule has 1 aromatic carbocycles. The Bertz CT molecular complexity index is 539. The third-order valence-electron chi connectivity index (χ3n) is 3.11. The van der Waals surface area contributed by atoms with Crippen LogP contribution in [-0.2, 0) is 4.79 Å². The van der Waals surface area contributed by atoms with Crippen molar-refractivity contribution in [1.82, 2.24) is 0 Å². The van der Waals surface area contributed by atoms with Crippen LogP contribution in [0.2, 0.25) is 0 Å². The molecule has 2 rings (SSSR count). The van der Waals surface area contributed by atoms with Gasteiger partial charge in [-0.2, -0.15) is 11.8 Å². The van der Waals surface area contributed by atoms with Gasteiger partial charge in [-0.15, -0.1) is 0 Å². The number of amides is 1. The van der Waals surface area contributed by atoms with Crippen LogP contribution >= 0.6 is 11.8 Å². The first-order valence-electron chi connectivity index (χ1n) is 6.79.